The van der Waals surface area contributed by atoms with Crippen LogP contribution in [0, 0.1) is 0 Å². The highest BCUT2D eigenvalue weighted by Gasteiger charge is 2.32. The summed E-state index contributed by atoms with van der Waals surface area (Å²) in [6.07, 6.45) is 1.88. The van der Waals surface area contributed by atoms with Crippen LogP contribution in [0.3, 0.4) is 0 Å². The SMILES string of the molecule is COc1ccc([C@H]2CCCN2C(=O)c2cc(-c3ccccc3)n[nH]2)cc1OC. The standard InChI is InChI=1S/C22H23N3O3/c1-27-20-11-10-16(13-21(20)28-2)19-9-6-12-25(19)22(26)18-14-17(23-24-18)15-7-4-3-5-8-15/h3-5,7-8,10-11,13-14,19H,6,9,12H2,1-2H3,(H,23,24)/t19-/m1/s1. The second kappa shape index (κ2) is 7.76. The summed E-state index contributed by atoms with van der Waals surface area (Å²) in [5.41, 5.74) is 3.30. The van der Waals surface area contributed by atoms with Crippen molar-refractivity contribution in [2.75, 3.05) is 20.8 Å². The number of aromatic nitrogens is 2. The number of likely N-dealkylation sites (tertiary alicyclic amines) is 1. The van der Waals surface area contributed by atoms with E-state index >= 15 is 0 Å². The molecule has 1 fully saturated rings. The van der Waals surface area contributed by atoms with Crippen molar-refractivity contribution in [2.24, 2.45) is 0 Å². The van der Waals surface area contributed by atoms with E-state index in [-0.39, 0.29) is 11.9 Å². The number of benzene rings is 2. The van der Waals surface area contributed by atoms with Gasteiger partial charge in [-0.15, -0.1) is 0 Å². The van der Waals surface area contributed by atoms with Crippen molar-refractivity contribution in [1.82, 2.24) is 15.1 Å². The molecule has 0 spiro atoms. The Hall–Kier alpha value is -3.28. The van der Waals surface area contributed by atoms with Crippen LogP contribution in [0.25, 0.3) is 11.3 Å². The number of nitrogens with zero attached hydrogens (tertiary/aromatic N) is 2. The third kappa shape index (κ3) is 3.33. The molecule has 2 heterocycles. The third-order valence-corrected chi connectivity index (χ3v) is 5.18. The predicted octanol–water partition coefficient (Wildman–Crippen LogP) is 4.07. The van der Waals surface area contributed by atoms with Gasteiger partial charge in [-0.25, -0.2) is 0 Å². The Kier molecular flexibility index (Phi) is 5.02. The molecule has 28 heavy (non-hydrogen) atoms. The molecule has 1 N–H and O–H groups in total. The van der Waals surface area contributed by atoms with Crippen molar-refractivity contribution in [3.05, 3.63) is 65.9 Å². The van der Waals surface area contributed by atoms with Gasteiger partial charge in [0.05, 0.1) is 26.0 Å². The normalized spacial score (nSPS) is 16.2. The van der Waals surface area contributed by atoms with Gasteiger partial charge in [-0.2, -0.15) is 5.10 Å². The molecule has 6 nitrogen and oxygen atoms in total. The third-order valence-electron chi connectivity index (χ3n) is 5.18. The molecule has 1 aromatic heterocycles. The Morgan fingerprint density at radius 2 is 1.86 bits per heavy atom. The van der Waals surface area contributed by atoms with Crippen molar-refractivity contribution in [1.29, 1.82) is 0 Å². The van der Waals surface area contributed by atoms with Gasteiger partial charge in [0.1, 0.15) is 5.69 Å². The predicted molar refractivity (Wildman–Crippen MR) is 107 cm³/mol. The number of carbonyl (C=O) groups excluding carboxylic acids is 1. The minimum atomic E-state index is -0.0352. The van der Waals surface area contributed by atoms with Gasteiger partial charge in [0.15, 0.2) is 11.5 Å². The van der Waals surface area contributed by atoms with Crippen molar-refractivity contribution in [3.8, 4) is 22.8 Å². The van der Waals surface area contributed by atoms with Gasteiger partial charge in [-0.05, 0) is 36.6 Å². The molecular formula is C22H23N3O3. The summed E-state index contributed by atoms with van der Waals surface area (Å²) < 4.78 is 10.7. The van der Waals surface area contributed by atoms with E-state index in [9.17, 15) is 4.79 Å². The maximum Gasteiger partial charge on any atom is 0.272 e. The van der Waals surface area contributed by atoms with E-state index in [1.54, 1.807) is 14.2 Å². The zero-order valence-electron chi connectivity index (χ0n) is 16.0. The van der Waals surface area contributed by atoms with Gasteiger partial charge in [0.2, 0.25) is 0 Å². The van der Waals surface area contributed by atoms with E-state index in [4.69, 9.17) is 9.47 Å². The molecule has 1 saturated heterocycles. The molecule has 0 bridgehead atoms. The zero-order valence-corrected chi connectivity index (χ0v) is 16.0. The molecule has 1 aliphatic heterocycles. The molecular weight excluding hydrogens is 354 g/mol. The average Bonchev–Trinajstić information content (AvgIpc) is 3.43. The van der Waals surface area contributed by atoms with E-state index < -0.39 is 0 Å². The molecule has 1 aliphatic rings. The molecule has 2 aromatic carbocycles. The van der Waals surface area contributed by atoms with E-state index in [1.807, 2.05) is 59.5 Å². The second-order valence-electron chi connectivity index (χ2n) is 6.80. The number of aromatic amines is 1. The minimum Gasteiger partial charge on any atom is -0.493 e. The van der Waals surface area contributed by atoms with Crippen molar-refractivity contribution >= 4 is 5.91 Å². The minimum absolute atomic E-state index is 0.00998. The van der Waals surface area contributed by atoms with Gasteiger partial charge in [0.25, 0.3) is 5.91 Å². The smallest absolute Gasteiger partial charge is 0.272 e. The first-order valence-corrected chi connectivity index (χ1v) is 9.35. The van der Waals surface area contributed by atoms with Crippen LogP contribution in [0.15, 0.2) is 54.6 Å². The Labute approximate surface area is 164 Å². The lowest BCUT2D eigenvalue weighted by Gasteiger charge is -2.25. The fourth-order valence-corrected chi connectivity index (χ4v) is 3.76. The summed E-state index contributed by atoms with van der Waals surface area (Å²) in [6, 6.07) is 17.5. The molecule has 1 amide bonds. The summed E-state index contributed by atoms with van der Waals surface area (Å²) in [5, 5.41) is 7.23. The first-order chi connectivity index (χ1) is 13.7. The molecule has 144 valence electrons. The van der Waals surface area contributed by atoms with Crippen LogP contribution in [0.5, 0.6) is 11.5 Å². The topological polar surface area (TPSA) is 67.5 Å². The summed E-state index contributed by atoms with van der Waals surface area (Å²) in [6.45, 7) is 0.720. The monoisotopic (exact) mass is 377 g/mol. The van der Waals surface area contributed by atoms with E-state index in [2.05, 4.69) is 10.2 Å². The van der Waals surface area contributed by atoms with E-state index in [1.165, 1.54) is 0 Å². The quantitative estimate of drug-likeness (QED) is 0.728. The van der Waals surface area contributed by atoms with Gasteiger partial charge in [0, 0.05) is 12.1 Å². The lowest BCUT2D eigenvalue weighted by molar-refractivity contribution is 0.0729. The molecule has 4 rings (SSSR count). The largest absolute Gasteiger partial charge is 0.493 e. The molecule has 0 aliphatic carbocycles. The highest BCUT2D eigenvalue weighted by Crippen LogP contribution is 2.37. The fraction of sp³-hybridized carbons (Fsp3) is 0.273. The second-order valence-corrected chi connectivity index (χ2v) is 6.80. The number of ether oxygens (including phenoxy) is 2. The van der Waals surface area contributed by atoms with Gasteiger partial charge in [-0.3, -0.25) is 9.89 Å². The van der Waals surface area contributed by atoms with Crippen molar-refractivity contribution in [2.45, 2.75) is 18.9 Å². The summed E-state index contributed by atoms with van der Waals surface area (Å²) >= 11 is 0. The number of hydrogen-bond donors (Lipinski definition) is 1. The van der Waals surface area contributed by atoms with Crippen LogP contribution in [0.1, 0.15) is 34.9 Å². The summed E-state index contributed by atoms with van der Waals surface area (Å²) in [5.74, 6) is 1.32. The van der Waals surface area contributed by atoms with Crippen LogP contribution in [-0.2, 0) is 0 Å². The van der Waals surface area contributed by atoms with Crippen LogP contribution < -0.4 is 9.47 Å². The highest BCUT2D eigenvalue weighted by atomic mass is 16.5. The van der Waals surface area contributed by atoms with Crippen LogP contribution in [0.2, 0.25) is 0 Å². The van der Waals surface area contributed by atoms with Crippen molar-refractivity contribution in [3.63, 3.8) is 0 Å². The Balaban J connectivity index is 1.58. The fourth-order valence-electron chi connectivity index (χ4n) is 3.76. The lowest BCUT2D eigenvalue weighted by atomic mass is 10.0. The highest BCUT2D eigenvalue weighted by molar-refractivity contribution is 5.94. The number of nitrogens with one attached hydrogen (secondary N) is 1. The number of amides is 1. The van der Waals surface area contributed by atoms with Gasteiger partial charge >= 0.3 is 0 Å². The maximum atomic E-state index is 13.2. The first kappa shape index (κ1) is 18.1. The van der Waals surface area contributed by atoms with Gasteiger partial charge < -0.3 is 14.4 Å². The average molecular weight is 377 g/mol. The molecule has 0 saturated carbocycles. The number of H-pyrrole nitrogens is 1. The molecule has 6 heteroatoms. The molecule has 3 aromatic rings. The van der Waals surface area contributed by atoms with E-state index in [0.717, 1.165) is 36.2 Å². The Morgan fingerprint density at radius 1 is 1.07 bits per heavy atom. The number of rotatable bonds is 5. The van der Waals surface area contributed by atoms with E-state index in [0.29, 0.717) is 17.2 Å². The number of carbonyl (C=O) groups is 1. The van der Waals surface area contributed by atoms with Gasteiger partial charge in [-0.1, -0.05) is 36.4 Å². The zero-order chi connectivity index (χ0) is 19.5. The summed E-state index contributed by atoms with van der Waals surface area (Å²) in [4.78, 5) is 15.1. The first-order valence-electron chi connectivity index (χ1n) is 9.35. The van der Waals surface area contributed by atoms with Crippen LogP contribution >= 0.6 is 0 Å². The Bertz CT molecular complexity index is 968. The number of hydrogen-bond acceptors (Lipinski definition) is 4. The lowest BCUT2D eigenvalue weighted by Crippen LogP contribution is -2.30. The number of methoxy groups -OCH3 is 2. The molecule has 0 unspecified atom stereocenters. The van der Waals surface area contributed by atoms with Crippen molar-refractivity contribution < 1.29 is 14.3 Å². The molecule has 1 atom stereocenters. The summed E-state index contributed by atoms with van der Waals surface area (Å²) in [7, 11) is 3.24. The maximum absolute atomic E-state index is 13.2. The Morgan fingerprint density at radius 3 is 2.61 bits per heavy atom. The molecule has 0 radical (unpaired) electrons. The van der Waals surface area contributed by atoms with Crippen LogP contribution in [0.4, 0.5) is 0 Å². The van der Waals surface area contributed by atoms with Crippen LogP contribution in [-0.4, -0.2) is 41.8 Å².